The quantitative estimate of drug-likeness (QED) is 0.914. The Morgan fingerprint density at radius 2 is 1.90 bits per heavy atom. The monoisotopic (exact) mass is 298 g/mol. The molecule has 110 valence electrons. The number of hydrogen-bond donors (Lipinski definition) is 2. The summed E-state index contributed by atoms with van der Waals surface area (Å²) >= 11 is 0. The molecule has 21 heavy (non-hydrogen) atoms. The fraction of sp³-hybridized carbons (Fsp3) is 0.0769. The maximum atomic E-state index is 12.3. The van der Waals surface area contributed by atoms with Crippen molar-refractivity contribution in [1.82, 2.24) is 4.98 Å². The van der Waals surface area contributed by atoms with Crippen LogP contribution in [-0.4, -0.2) is 17.3 Å². The zero-order valence-electron chi connectivity index (χ0n) is 10.4. The summed E-state index contributed by atoms with van der Waals surface area (Å²) in [7, 11) is 0. The summed E-state index contributed by atoms with van der Waals surface area (Å²) in [4.78, 5) is 25.9. The average molecular weight is 298 g/mol. The lowest BCUT2D eigenvalue weighted by Crippen LogP contribution is -2.22. The van der Waals surface area contributed by atoms with Gasteiger partial charge in [0.15, 0.2) is 11.2 Å². The first kappa shape index (κ1) is 14.6. The van der Waals surface area contributed by atoms with E-state index in [-0.39, 0.29) is 11.3 Å². The minimum absolute atomic E-state index is 0.192. The van der Waals surface area contributed by atoms with Crippen molar-refractivity contribution in [1.29, 1.82) is 0 Å². The molecule has 0 aliphatic carbocycles. The molecule has 1 aromatic carbocycles. The Kier molecular flexibility index (Phi) is 3.97. The molecular formula is C13H9F3N2O3. The van der Waals surface area contributed by atoms with Gasteiger partial charge in [-0.1, -0.05) is 12.1 Å². The lowest BCUT2D eigenvalue weighted by atomic mass is 10.2. The van der Waals surface area contributed by atoms with Crippen molar-refractivity contribution in [3.63, 3.8) is 0 Å². The van der Waals surface area contributed by atoms with Gasteiger partial charge in [-0.15, -0.1) is 13.2 Å². The molecule has 2 rings (SSSR count). The van der Waals surface area contributed by atoms with Crippen LogP contribution in [0.15, 0.2) is 47.5 Å². The van der Waals surface area contributed by atoms with Gasteiger partial charge < -0.3 is 15.0 Å². The summed E-state index contributed by atoms with van der Waals surface area (Å²) in [5, 5.41) is 2.21. The normalized spacial score (nSPS) is 11.0. The number of para-hydroxylation sites is 2. The van der Waals surface area contributed by atoms with Crippen molar-refractivity contribution in [2.45, 2.75) is 6.36 Å². The Hall–Kier alpha value is -2.77. The molecule has 0 saturated heterocycles. The van der Waals surface area contributed by atoms with Gasteiger partial charge in [0.1, 0.15) is 5.56 Å². The van der Waals surface area contributed by atoms with Gasteiger partial charge in [-0.05, 0) is 12.1 Å². The molecule has 0 saturated carbocycles. The number of alkyl halides is 3. The van der Waals surface area contributed by atoms with Gasteiger partial charge in [-0.25, -0.2) is 0 Å². The Labute approximate surface area is 116 Å². The molecule has 0 aliphatic rings. The van der Waals surface area contributed by atoms with E-state index in [4.69, 9.17) is 0 Å². The zero-order valence-corrected chi connectivity index (χ0v) is 10.4. The number of rotatable bonds is 3. The van der Waals surface area contributed by atoms with Crippen molar-refractivity contribution >= 4 is 11.6 Å². The van der Waals surface area contributed by atoms with E-state index in [1.807, 2.05) is 0 Å². The van der Waals surface area contributed by atoms with Crippen molar-refractivity contribution in [3.05, 3.63) is 58.5 Å². The van der Waals surface area contributed by atoms with Crippen LogP contribution in [-0.2, 0) is 0 Å². The first-order valence-corrected chi connectivity index (χ1v) is 5.70. The van der Waals surface area contributed by atoms with Gasteiger partial charge in [-0.3, -0.25) is 9.59 Å². The van der Waals surface area contributed by atoms with Crippen LogP contribution in [0.4, 0.5) is 18.9 Å². The highest BCUT2D eigenvalue weighted by molar-refractivity contribution is 6.04. The fourth-order valence-electron chi connectivity index (χ4n) is 1.57. The molecule has 0 atom stereocenters. The second-order valence-electron chi connectivity index (χ2n) is 3.92. The second-order valence-corrected chi connectivity index (χ2v) is 3.92. The van der Waals surface area contributed by atoms with Gasteiger partial charge in [-0.2, -0.15) is 0 Å². The van der Waals surface area contributed by atoms with Crippen LogP contribution >= 0.6 is 0 Å². The fourth-order valence-corrected chi connectivity index (χ4v) is 1.57. The van der Waals surface area contributed by atoms with Crippen LogP contribution in [0, 0.1) is 0 Å². The number of hydrogen-bond acceptors (Lipinski definition) is 3. The number of benzene rings is 1. The maximum absolute atomic E-state index is 12.3. The Morgan fingerprint density at radius 3 is 2.57 bits per heavy atom. The summed E-state index contributed by atoms with van der Waals surface area (Å²) in [6.07, 6.45) is -2.39. The smallest absolute Gasteiger partial charge is 0.404 e. The third-order valence-corrected chi connectivity index (χ3v) is 2.43. The molecule has 1 aromatic heterocycles. The predicted molar refractivity (Wildman–Crippen MR) is 68.1 cm³/mol. The summed E-state index contributed by atoms with van der Waals surface area (Å²) < 4.78 is 40.6. The number of amides is 1. The number of carbonyl (C=O) groups excluding carboxylic acids is 1. The van der Waals surface area contributed by atoms with Crippen LogP contribution < -0.4 is 15.5 Å². The standard InChI is InChI=1S/C13H9F3N2O3/c14-13(15,16)21-11-4-2-1-3-9(11)18-12(20)8-7-17-6-5-10(8)19/h1-7H,(H,17,19)(H,18,20). The number of aromatic amines is 1. The number of anilines is 1. The molecule has 8 heteroatoms. The van der Waals surface area contributed by atoms with Crippen molar-refractivity contribution in [2.24, 2.45) is 0 Å². The molecule has 0 fully saturated rings. The predicted octanol–water partition coefficient (Wildman–Crippen LogP) is 2.53. The van der Waals surface area contributed by atoms with Crippen molar-refractivity contribution < 1.29 is 22.7 Å². The topological polar surface area (TPSA) is 71.2 Å². The molecular weight excluding hydrogens is 289 g/mol. The van der Waals surface area contributed by atoms with Crippen LogP contribution in [0.25, 0.3) is 0 Å². The SMILES string of the molecule is O=C(Nc1ccccc1OC(F)(F)F)c1c[nH]ccc1=O. The third-order valence-electron chi connectivity index (χ3n) is 2.43. The number of halogens is 3. The molecule has 2 N–H and O–H groups in total. The number of aromatic nitrogens is 1. The van der Waals surface area contributed by atoms with Gasteiger partial charge in [0.2, 0.25) is 0 Å². The van der Waals surface area contributed by atoms with Crippen LogP contribution in [0.5, 0.6) is 5.75 Å². The van der Waals surface area contributed by atoms with Gasteiger partial charge >= 0.3 is 6.36 Å². The number of H-pyrrole nitrogens is 1. The first-order chi connectivity index (χ1) is 9.87. The zero-order chi connectivity index (χ0) is 15.5. The van der Waals surface area contributed by atoms with E-state index in [2.05, 4.69) is 15.0 Å². The van der Waals surface area contributed by atoms with Gasteiger partial charge in [0.05, 0.1) is 5.69 Å². The minimum Gasteiger partial charge on any atom is -0.404 e. The number of pyridine rings is 1. The van der Waals surface area contributed by atoms with E-state index in [1.54, 1.807) is 0 Å². The molecule has 0 spiro atoms. The Morgan fingerprint density at radius 1 is 1.19 bits per heavy atom. The van der Waals surface area contributed by atoms with E-state index in [0.717, 1.165) is 18.3 Å². The Bertz CT molecular complexity index is 710. The minimum atomic E-state index is -4.88. The number of ether oxygens (including phenoxy) is 1. The summed E-state index contributed by atoms with van der Waals surface area (Å²) in [6.45, 7) is 0. The molecule has 2 aromatic rings. The highest BCUT2D eigenvalue weighted by Crippen LogP contribution is 2.29. The van der Waals surface area contributed by atoms with E-state index < -0.39 is 23.4 Å². The van der Waals surface area contributed by atoms with E-state index in [9.17, 15) is 22.8 Å². The lowest BCUT2D eigenvalue weighted by molar-refractivity contribution is -0.274. The molecule has 0 radical (unpaired) electrons. The van der Waals surface area contributed by atoms with Gasteiger partial charge in [0, 0.05) is 18.5 Å². The second kappa shape index (κ2) is 5.70. The number of carbonyl (C=O) groups is 1. The van der Waals surface area contributed by atoms with E-state index >= 15 is 0 Å². The highest BCUT2D eigenvalue weighted by Gasteiger charge is 2.32. The van der Waals surface area contributed by atoms with Crippen LogP contribution in [0.2, 0.25) is 0 Å². The van der Waals surface area contributed by atoms with Crippen LogP contribution in [0.3, 0.4) is 0 Å². The summed E-state index contributed by atoms with van der Waals surface area (Å²) in [5.41, 5.74) is -0.970. The van der Waals surface area contributed by atoms with Crippen LogP contribution in [0.1, 0.15) is 10.4 Å². The van der Waals surface area contributed by atoms with Crippen molar-refractivity contribution in [2.75, 3.05) is 5.32 Å². The largest absolute Gasteiger partial charge is 0.573 e. The average Bonchev–Trinajstić information content (AvgIpc) is 2.40. The number of nitrogens with one attached hydrogen (secondary N) is 2. The first-order valence-electron chi connectivity index (χ1n) is 5.70. The molecule has 0 unspecified atom stereocenters. The Balaban J connectivity index is 2.26. The molecule has 1 amide bonds. The maximum Gasteiger partial charge on any atom is 0.573 e. The molecule has 5 nitrogen and oxygen atoms in total. The third kappa shape index (κ3) is 3.85. The summed E-state index contributed by atoms with van der Waals surface area (Å²) in [5.74, 6) is -1.40. The van der Waals surface area contributed by atoms with Gasteiger partial charge in [0.25, 0.3) is 5.91 Å². The molecule has 0 aliphatic heterocycles. The van der Waals surface area contributed by atoms with E-state index in [0.29, 0.717) is 0 Å². The molecule has 1 heterocycles. The summed E-state index contributed by atoms with van der Waals surface area (Å²) in [6, 6.07) is 6.17. The lowest BCUT2D eigenvalue weighted by Gasteiger charge is -2.13. The van der Waals surface area contributed by atoms with Crippen molar-refractivity contribution in [3.8, 4) is 5.75 Å². The molecule has 0 bridgehead atoms. The highest BCUT2D eigenvalue weighted by atomic mass is 19.4. The van der Waals surface area contributed by atoms with E-state index in [1.165, 1.54) is 24.4 Å².